The molecule has 154 valence electrons. The first-order valence-corrected chi connectivity index (χ1v) is 12.6. The van der Waals surface area contributed by atoms with E-state index in [1.54, 1.807) is 18.2 Å². The number of anilines is 1. The third-order valence-corrected chi connectivity index (χ3v) is 8.84. The number of hydrogen-bond acceptors (Lipinski definition) is 7. The number of amides is 1. The minimum Gasteiger partial charge on any atom is -0.297 e. The second kappa shape index (κ2) is 8.10. The molecule has 1 aliphatic heterocycles. The Hall–Kier alpha value is -1.88. The second-order valence-corrected chi connectivity index (χ2v) is 11.0. The van der Waals surface area contributed by atoms with Crippen LogP contribution < -0.4 is 5.32 Å². The molecule has 10 heteroatoms. The molecule has 3 heterocycles. The van der Waals surface area contributed by atoms with Crippen molar-refractivity contribution in [2.24, 2.45) is 0 Å². The van der Waals surface area contributed by atoms with Crippen LogP contribution in [-0.4, -0.2) is 41.7 Å². The summed E-state index contributed by atoms with van der Waals surface area (Å²) in [5.74, 6) is -0.230. The fourth-order valence-corrected chi connectivity index (χ4v) is 6.91. The van der Waals surface area contributed by atoms with Crippen LogP contribution in [0.1, 0.15) is 46.6 Å². The molecule has 0 unspecified atom stereocenters. The number of hydrogen-bond donors (Lipinski definition) is 1. The van der Waals surface area contributed by atoms with E-state index in [1.807, 2.05) is 6.92 Å². The van der Waals surface area contributed by atoms with Crippen molar-refractivity contribution < 1.29 is 13.2 Å². The molecule has 1 saturated heterocycles. The van der Waals surface area contributed by atoms with Gasteiger partial charge in [-0.3, -0.25) is 10.1 Å². The lowest BCUT2D eigenvalue weighted by Crippen LogP contribution is -2.27. The van der Waals surface area contributed by atoms with Crippen molar-refractivity contribution in [2.45, 2.75) is 44.4 Å². The van der Waals surface area contributed by atoms with E-state index in [0.717, 1.165) is 41.1 Å². The van der Waals surface area contributed by atoms with Gasteiger partial charge in [-0.15, -0.1) is 11.3 Å². The molecule has 1 amide bonds. The molecule has 0 spiro atoms. The number of nitrogens with one attached hydrogen (secondary N) is 1. The smallest absolute Gasteiger partial charge is 0.269 e. The number of aryl methyl sites for hydroxylation is 2. The molecule has 1 fully saturated rings. The van der Waals surface area contributed by atoms with E-state index in [4.69, 9.17) is 0 Å². The van der Waals surface area contributed by atoms with Crippen LogP contribution in [0.15, 0.2) is 23.1 Å². The van der Waals surface area contributed by atoms with E-state index in [1.165, 1.54) is 27.0 Å². The van der Waals surface area contributed by atoms with Gasteiger partial charge in [-0.1, -0.05) is 18.3 Å². The summed E-state index contributed by atoms with van der Waals surface area (Å²) < 4.78 is 27.8. The van der Waals surface area contributed by atoms with Crippen LogP contribution in [0, 0.1) is 6.92 Å². The van der Waals surface area contributed by atoms with Gasteiger partial charge in [-0.05, 0) is 50.8 Å². The molecule has 7 nitrogen and oxygen atoms in total. The van der Waals surface area contributed by atoms with Crippen LogP contribution in [0.4, 0.5) is 5.13 Å². The Morgan fingerprint density at radius 2 is 1.97 bits per heavy atom. The first kappa shape index (κ1) is 20.4. The molecule has 29 heavy (non-hydrogen) atoms. The van der Waals surface area contributed by atoms with Gasteiger partial charge >= 0.3 is 0 Å². The van der Waals surface area contributed by atoms with Crippen molar-refractivity contribution in [3.05, 3.63) is 33.8 Å². The third kappa shape index (κ3) is 4.07. The highest BCUT2D eigenvalue weighted by molar-refractivity contribution is 7.89. The SMILES string of the molecule is CCCc1nc(C)c(C(=O)Nc2nc3ccc(S(=O)(=O)N4CCCC4)cc3s2)s1. The normalized spacial score (nSPS) is 15.2. The lowest BCUT2D eigenvalue weighted by molar-refractivity contribution is 0.103. The van der Waals surface area contributed by atoms with Crippen molar-refractivity contribution in [3.63, 3.8) is 0 Å². The Morgan fingerprint density at radius 1 is 1.21 bits per heavy atom. The van der Waals surface area contributed by atoms with Crippen LogP contribution >= 0.6 is 22.7 Å². The minimum absolute atomic E-state index is 0.230. The van der Waals surface area contributed by atoms with Crippen molar-refractivity contribution >= 4 is 54.0 Å². The maximum Gasteiger partial charge on any atom is 0.269 e. The summed E-state index contributed by atoms with van der Waals surface area (Å²) in [6.45, 7) is 5.05. The van der Waals surface area contributed by atoms with E-state index < -0.39 is 10.0 Å². The summed E-state index contributed by atoms with van der Waals surface area (Å²) in [5.41, 5.74) is 1.38. The van der Waals surface area contributed by atoms with Gasteiger partial charge in [0, 0.05) is 13.1 Å². The number of sulfonamides is 1. The number of carbonyl (C=O) groups excluding carboxylic acids is 1. The standard InChI is InChI=1S/C19H22N4O3S3/c1-3-6-16-20-12(2)17(28-16)18(24)22-19-21-14-8-7-13(11-15(14)27-19)29(25,26)23-9-4-5-10-23/h7-8,11H,3-6,9-10H2,1-2H3,(H,21,22,24). The Labute approximate surface area is 177 Å². The molecule has 0 radical (unpaired) electrons. The number of fused-ring (bicyclic) bond motifs is 1. The summed E-state index contributed by atoms with van der Waals surface area (Å²) in [4.78, 5) is 22.4. The Morgan fingerprint density at radius 3 is 2.69 bits per heavy atom. The van der Waals surface area contributed by atoms with Gasteiger partial charge in [-0.2, -0.15) is 4.31 Å². The largest absolute Gasteiger partial charge is 0.297 e. The van der Waals surface area contributed by atoms with Gasteiger partial charge in [-0.25, -0.2) is 18.4 Å². The first-order valence-electron chi connectivity index (χ1n) is 9.57. The summed E-state index contributed by atoms with van der Waals surface area (Å²) in [7, 11) is -3.48. The van der Waals surface area contributed by atoms with Crippen molar-refractivity contribution in [1.29, 1.82) is 0 Å². The third-order valence-electron chi connectivity index (χ3n) is 4.79. The monoisotopic (exact) mass is 450 g/mol. The minimum atomic E-state index is -3.48. The average Bonchev–Trinajstić information content (AvgIpc) is 3.40. The number of rotatable bonds is 6. The van der Waals surface area contributed by atoms with Gasteiger partial charge in [0.2, 0.25) is 10.0 Å². The molecule has 2 aromatic heterocycles. The highest BCUT2D eigenvalue weighted by atomic mass is 32.2. The number of benzene rings is 1. The van der Waals surface area contributed by atoms with Crippen LogP contribution in [0.5, 0.6) is 0 Å². The predicted octanol–water partition coefficient (Wildman–Crippen LogP) is 4.05. The maximum atomic E-state index is 12.8. The zero-order valence-corrected chi connectivity index (χ0v) is 18.7. The predicted molar refractivity (Wildman–Crippen MR) is 116 cm³/mol. The molecule has 0 atom stereocenters. The van der Waals surface area contributed by atoms with Gasteiger partial charge in [0.05, 0.1) is 25.8 Å². The summed E-state index contributed by atoms with van der Waals surface area (Å²) in [5, 5.41) is 4.24. The fraction of sp³-hybridized carbons (Fsp3) is 0.421. The molecule has 0 bridgehead atoms. The van der Waals surface area contributed by atoms with Crippen LogP contribution in [-0.2, 0) is 16.4 Å². The van der Waals surface area contributed by atoms with Crippen molar-refractivity contribution in [2.75, 3.05) is 18.4 Å². The number of thiazole rings is 2. The van der Waals surface area contributed by atoms with E-state index in [-0.39, 0.29) is 10.8 Å². The van der Waals surface area contributed by atoms with E-state index in [2.05, 4.69) is 22.2 Å². The Kier molecular flexibility index (Phi) is 5.69. The van der Waals surface area contributed by atoms with E-state index in [0.29, 0.717) is 28.6 Å². The van der Waals surface area contributed by atoms with Gasteiger partial charge < -0.3 is 0 Å². The van der Waals surface area contributed by atoms with Gasteiger partial charge in [0.1, 0.15) is 4.88 Å². The van der Waals surface area contributed by atoms with E-state index >= 15 is 0 Å². The number of carbonyl (C=O) groups is 1. The van der Waals surface area contributed by atoms with Gasteiger partial charge in [0.25, 0.3) is 5.91 Å². The van der Waals surface area contributed by atoms with E-state index in [9.17, 15) is 13.2 Å². The Bertz CT molecular complexity index is 1160. The molecule has 1 aromatic carbocycles. The topological polar surface area (TPSA) is 92.3 Å². The Balaban J connectivity index is 1.57. The lowest BCUT2D eigenvalue weighted by atomic mass is 10.3. The average molecular weight is 451 g/mol. The molecule has 4 rings (SSSR count). The highest BCUT2D eigenvalue weighted by Crippen LogP contribution is 2.31. The number of nitrogens with zero attached hydrogens (tertiary/aromatic N) is 3. The molecule has 3 aromatic rings. The maximum absolute atomic E-state index is 12.8. The summed E-state index contributed by atoms with van der Waals surface area (Å²) in [6.07, 6.45) is 3.63. The van der Waals surface area contributed by atoms with Crippen LogP contribution in [0.3, 0.4) is 0 Å². The molecule has 0 saturated carbocycles. The quantitative estimate of drug-likeness (QED) is 0.612. The second-order valence-electron chi connectivity index (χ2n) is 6.99. The van der Waals surface area contributed by atoms with Crippen molar-refractivity contribution in [3.8, 4) is 0 Å². The molecule has 1 aliphatic rings. The zero-order chi connectivity index (χ0) is 20.6. The molecule has 0 aliphatic carbocycles. The summed E-state index contributed by atoms with van der Waals surface area (Å²) >= 11 is 2.68. The lowest BCUT2D eigenvalue weighted by Gasteiger charge is -2.15. The summed E-state index contributed by atoms with van der Waals surface area (Å²) in [6, 6.07) is 4.93. The highest BCUT2D eigenvalue weighted by Gasteiger charge is 2.27. The number of aromatic nitrogens is 2. The van der Waals surface area contributed by atoms with Crippen LogP contribution in [0.2, 0.25) is 0 Å². The molecule has 1 N–H and O–H groups in total. The van der Waals surface area contributed by atoms with Crippen molar-refractivity contribution in [1.82, 2.24) is 14.3 Å². The fourth-order valence-electron chi connectivity index (χ4n) is 3.33. The molecular weight excluding hydrogens is 428 g/mol. The van der Waals surface area contributed by atoms with Crippen LogP contribution in [0.25, 0.3) is 10.2 Å². The first-order chi connectivity index (χ1) is 13.9. The zero-order valence-electron chi connectivity index (χ0n) is 16.3. The van der Waals surface area contributed by atoms with Gasteiger partial charge in [0.15, 0.2) is 5.13 Å². The molecular formula is C19H22N4O3S3.